The smallest absolute Gasteiger partial charge is 0.306 e. The first kappa shape index (κ1) is 41.1. The Morgan fingerprint density at radius 3 is 2.24 bits per heavy atom. The highest BCUT2D eigenvalue weighted by molar-refractivity contribution is 5.70. The highest BCUT2D eigenvalue weighted by Crippen LogP contribution is 2.68. The van der Waals surface area contributed by atoms with Crippen LogP contribution in [0, 0.1) is 46.3 Å². The van der Waals surface area contributed by atoms with Crippen molar-refractivity contribution in [3.05, 3.63) is 48.1 Å². The lowest BCUT2D eigenvalue weighted by atomic mass is 9.45. The Morgan fingerprint density at radius 2 is 1.54 bits per heavy atom. The zero-order chi connectivity index (χ0) is 36.4. The fourth-order valence-corrected chi connectivity index (χ4v) is 10.5. The molecule has 4 aliphatic rings. The number of ether oxygens (including phenoxy) is 1. The molecule has 0 aromatic rings. The van der Waals surface area contributed by atoms with Gasteiger partial charge in [-0.2, -0.15) is 0 Å². The van der Waals surface area contributed by atoms with Gasteiger partial charge in [-0.15, -0.1) is 0 Å². The molecule has 4 nitrogen and oxygen atoms in total. The van der Waals surface area contributed by atoms with Crippen LogP contribution < -0.4 is 0 Å². The number of allylic oxidation sites excluding steroid dienone is 7. The van der Waals surface area contributed by atoms with Crippen LogP contribution in [0.1, 0.15) is 170 Å². The monoisotopic (exact) mass is 693 g/mol. The van der Waals surface area contributed by atoms with Gasteiger partial charge in [0.1, 0.15) is 11.7 Å². The second-order valence-corrected chi connectivity index (χ2v) is 18.0. The van der Waals surface area contributed by atoms with Crippen molar-refractivity contribution in [2.75, 3.05) is 0 Å². The summed E-state index contributed by atoms with van der Waals surface area (Å²) in [7, 11) is 0. The number of aliphatic hydroxyl groups excluding tert-OH is 1. The summed E-state index contributed by atoms with van der Waals surface area (Å²) in [4.78, 5) is 13.4. The largest absolute Gasteiger partial charge is 0.455 e. The van der Waals surface area contributed by atoms with Crippen LogP contribution in [0.25, 0.3) is 0 Å². The molecule has 3 saturated carbocycles. The molecule has 284 valence electrons. The summed E-state index contributed by atoms with van der Waals surface area (Å²) in [6.07, 6.45) is 34.5. The Morgan fingerprint density at radius 1 is 0.860 bits per heavy atom. The van der Waals surface area contributed by atoms with E-state index in [2.05, 4.69) is 91.0 Å². The number of hydrogen-bond donors (Lipinski definition) is 2. The minimum absolute atomic E-state index is 0.201. The molecule has 0 unspecified atom stereocenters. The molecule has 0 aromatic carbocycles. The fourth-order valence-electron chi connectivity index (χ4n) is 10.5. The van der Waals surface area contributed by atoms with E-state index in [1.807, 2.05) is 0 Å². The first-order chi connectivity index (χ1) is 23.9. The lowest BCUT2D eigenvalue weighted by Gasteiger charge is -2.62. The van der Waals surface area contributed by atoms with Crippen LogP contribution in [0.4, 0.5) is 0 Å². The summed E-state index contributed by atoms with van der Waals surface area (Å²) < 4.78 is 6.29. The van der Waals surface area contributed by atoms with Crippen molar-refractivity contribution in [2.45, 2.75) is 188 Å². The normalized spacial score (nSPS) is 35.3. The molecule has 3 fully saturated rings. The SMILES string of the molecule is CCCCC/C=C\C/C=C\CCCCCCCC(=O)O[C@H]1C=C2[C@@H]3CC[C@H]([C@H](C)/C=C/[C@H](C)C(C)C)[C@@]3(C)CC[C@@H]2[C@@]2(C)CC[C@H](O)C[C@]12O. The number of fused-ring (bicyclic) bond motifs is 5. The second kappa shape index (κ2) is 18.9. The first-order valence-electron chi connectivity index (χ1n) is 21.2. The van der Waals surface area contributed by atoms with Crippen molar-refractivity contribution in [3.63, 3.8) is 0 Å². The lowest BCUT2D eigenvalue weighted by molar-refractivity contribution is -0.222. The number of carbonyl (C=O) groups excluding carboxylic acids is 1. The van der Waals surface area contributed by atoms with Gasteiger partial charge in [-0.1, -0.05) is 123 Å². The molecule has 0 amide bonds. The van der Waals surface area contributed by atoms with Crippen molar-refractivity contribution >= 4 is 5.97 Å². The molecular formula is C46H76O4. The van der Waals surface area contributed by atoms with Crippen molar-refractivity contribution < 1.29 is 19.7 Å². The fraction of sp³-hybridized carbons (Fsp3) is 0.804. The molecule has 0 saturated heterocycles. The zero-order valence-electron chi connectivity index (χ0n) is 33.3. The average Bonchev–Trinajstić information content (AvgIpc) is 3.43. The van der Waals surface area contributed by atoms with Crippen LogP contribution in [0.15, 0.2) is 48.1 Å². The van der Waals surface area contributed by atoms with Gasteiger partial charge in [0.05, 0.1) is 6.10 Å². The third-order valence-electron chi connectivity index (χ3n) is 14.3. The molecule has 4 heteroatoms. The number of hydrogen-bond acceptors (Lipinski definition) is 4. The molecule has 0 aromatic heterocycles. The summed E-state index contributed by atoms with van der Waals surface area (Å²) in [5.74, 6) is 2.93. The van der Waals surface area contributed by atoms with E-state index >= 15 is 0 Å². The predicted molar refractivity (Wildman–Crippen MR) is 210 cm³/mol. The Hall–Kier alpha value is -1.65. The predicted octanol–water partition coefficient (Wildman–Crippen LogP) is 11.9. The van der Waals surface area contributed by atoms with Crippen LogP contribution in [0.3, 0.4) is 0 Å². The van der Waals surface area contributed by atoms with E-state index in [0.717, 1.165) is 44.9 Å². The van der Waals surface area contributed by atoms with Crippen molar-refractivity contribution in [1.82, 2.24) is 0 Å². The molecule has 0 aliphatic heterocycles. The standard InChI is InChI=1S/C46H76O4/c1-8-9-10-11-12-13-14-15-16-17-18-19-20-21-22-23-43(48)50-42-32-38-40-27-26-39(36(5)25-24-35(4)34(2)3)44(40,6)30-29-41(38)45(7)31-28-37(47)33-46(42,45)49/h12-13,15-16,24-25,32,34-37,39-42,47,49H,8-11,14,17-23,26-31,33H2,1-7H3/b13-12-,16-15-,25-24+/t35-,36+,37-,39+,40-,41-,42-,44+,45+,46-/m0/s1. The molecular weight excluding hydrogens is 617 g/mol. The number of esters is 1. The maximum absolute atomic E-state index is 13.4. The summed E-state index contributed by atoms with van der Waals surface area (Å²) in [5, 5.41) is 23.3. The molecule has 0 heterocycles. The van der Waals surface area contributed by atoms with Gasteiger partial charge in [0.25, 0.3) is 0 Å². The Bertz CT molecular complexity index is 1180. The second-order valence-electron chi connectivity index (χ2n) is 18.0. The Kier molecular flexibility index (Phi) is 15.5. The zero-order valence-corrected chi connectivity index (χ0v) is 33.3. The lowest BCUT2D eigenvalue weighted by Crippen LogP contribution is -2.66. The van der Waals surface area contributed by atoms with E-state index in [1.165, 1.54) is 63.4 Å². The van der Waals surface area contributed by atoms with E-state index < -0.39 is 23.2 Å². The van der Waals surface area contributed by atoms with Gasteiger partial charge < -0.3 is 14.9 Å². The summed E-state index contributed by atoms with van der Waals surface area (Å²) >= 11 is 0. The van der Waals surface area contributed by atoms with Gasteiger partial charge in [-0.3, -0.25) is 4.79 Å². The molecule has 50 heavy (non-hydrogen) atoms. The van der Waals surface area contributed by atoms with E-state index in [9.17, 15) is 15.0 Å². The van der Waals surface area contributed by atoms with Gasteiger partial charge in [-0.05, 0) is 124 Å². The van der Waals surface area contributed by atoms with Crippen molar-refractivity contribution in [1.29, 1.82) is 0 Å². The number of rotatable bonds is 19. The highest BCUT2D eigenvalue weighted by atomic mass is 16.6. The summed E-state index contributed by atoms with van der Waals surface area (Å²) in [6, 6.07) is 0. The third kappa shape index (κ3) is 9.66. The number of carbonyl (C=O) groups is 1. The maximum atomic E-state index is 13.4. The average molecular weight is 693 g/mol. The van der Waals surface area contributed by atoms with Crippen LogP contribution in [0.2, 0.25) is 0 Å². The van der Waals surface area contributed by atoms with Gasteiger partial charge in [0, 0.05) is 18.3 Å². The van der Waals surface area contributed by atoms with Gasteiger partial charge in [-0.25, -0.2) is 0 Å². The molecule has 4 rings (SSSR count). The van der Waals surface area contributed by atoms with Gasteiger partial charge in [0.15, 0.2) is 0 Å². The quantitative estimate of drug-likeness (QED) is 0.0803. The number of unbranched alkanes of at least 4 members (excludes halogenated alkanes) is 8. The minimum atomic E-state index is -1.23. The Balaban J connectivity index is 1.33. The number of aliphatic hydroxyl groups is 2. The molecule has 0 radical (unpaired) electrons. The molecule has 4 aliphatic carbocycles. The highest BCUT2D eigenvalue weighted by Gasteiger charge is 2.66. The van der Waals surface area contributed by atoms with Crippen molar-refractivity contribution in [3.8, 4) is 0 Å². The molecule has 10 atom stereocenters. The van der Waals surface area contributed by atoms with Crippen LogP contribution in [-0.2, 0) is 9.53 Å². The van der Waals surface area contributed by atoms with E-state index in [1.54, 1.807) is 0 Å². The van der Waals surface area contributed by atoms with Gasteiger partial charge >= 0.3 is 5.97 Å². The maximum Gasteiger partial charge on any atom is 0.306 e. The first-order valence-corrected chi connectivity index (χ1v) is 21.2. The van der Waals surface area contributed by atoms with Crippen molar-refractivity contribution in [2.24, 2.45) is 46.3 Å². The van der Waals surface area contributed by atoms with Crippen LogP contribution in [0.5, 0.6) is 0 Å². The summed E-state index contributed by atoms with van der Waals surface area (Å²) in [6.45, 7) is 16.4. The van der Waals surface area contributed by atoms with Crippen LogP contribution >= 0.6 is 0 Å². The van der Waals surface area contributed by atoms with Gasteiger partial charge in [0.2, 0.25) is 0 Å². The Labute approximate surface area is 307 Å². The third-order valence-corrected chi connectivity index (χ3v) is 14.3. The van der Waals surface area contributed by atoms with E-state index in [4.69, 9.17) is 4.74 Å². The topological polar surface area (TPSA) is 66.8 Å². The molecule has 0 spiro atoms. The summed E-state index contributed by atoms with van der Waals surface area (Å²) in [5.41, 5.74) is 0.0221. The van der Waals surface area contributed by atoms with E-state index in [-0.39, 0.29) is 23.7 Å². The minimum Gasteiger partial charge on any atom is -0.455 e. The molecule has 2 N–H and O–H groups in total. The van der Waals surface area contributed by atoms with Crippen LogP contribution in [-0.4, -0.2) is 34.0 Å². The van der Waals surface area contributed by atoms with E-state index in [0.29, 0.717) is 42.4 Å². The molecule has 0 bridgehead atoms.